The SMILES string of the molecule is CC(C)(C)SCCCCCCl. The van der Waals surface area contributed by atoms with Crippen LogP contribution in [-0.2, 0) is 0 Å². The third kappa shape index (κ3) is 10.6. The van der Waals surface area contributed by atoms with E-state index in [9.17, 15) is 0 Å². The van der Waals surface area contributed by atoms with E-state index in [-0.39, 0.29) is 0 Å². The van der Waals surface area contributed by atoms with Crippen LogP contribution in [0.2, 0.25) is 0 Å². The average molecular weight is 195 g/mol. The Labute approximate surface area is 80.1 Å². The van der Waals surface area contributed by atoms with Gasteiger partial charge in [0.1, 0.15) is 0 Å². The molecule has 0 bridgehead atoms. The molecule has 0 aromatic heterocycles. The van der Waals surface area contributed by atoms with Crippen molar-refractivity contribution in [1.82, 2.24) is 0 Å². The van der Waals surface area contributed by atoms with Gasteiger partial charge in [-0.3, -0.25) is 0 Å². The van der Waals surface area contributed by atoms with Crippen LogP contribution in [0.3, 0.4) is 0 Å². The smallest absolute Gasteiger partial charge is 0.0223 e. The Morgan fingerprint density at radius 2 is 1.73 bits per heavy atom. The Bertz CT molecular complexity index is 86.1. The molecule has 0 N–H and O–H groups in total. The van der Waals surface area contributed by atoms with Crippen molar-refractivity contribution in [2.75, 3.05) is 11.6 Å². The predicted molar refractivity (Wildman–Crippen MR) is 56.8 cm³/mol. The summed E-state index contributed by atoms with van der Waals surface area (Å²) in [6.07, 6.45) is 3.77. The number of rotatable bonds is 5. The van der Waals surface area contributed by atoms with Crippen LogP contribution in [0, 0.1) is 0 Å². The van der Waals surface area contributed by atoms with E-state index in [1.165, 1.54) is 25.0 Å². The van der Waals surface area contributed by atoms with Crippen LogP contribution in [-0.4, -0.2) is 16.4 Å². The highest BCUT2D eigenvalue weighted by atomic mass is 35.5. The second-order valence-electron chi connectivity index (χ2n) is 3.71. The summed E-state index contributed by atoms with van der Waals surface area (Å²) >= 11 is 7.60. The minimum atomic E-state index is 0.432. The van der Waals surface area contributed by atoms with Crippen LogP contribution >= 0.6 is 23.4 Å². The molecule has 0 fully saturated rings. The monoisotopic (exact) mass is 194 g/mol. The van der Waals surface area contributed by atoms with Gasteiger partial charge in [-0.1, -0.05) is 27.2 Å². The molecule has 0 spiro atoms. The molecule has 0 nitrogen and oxygen atoms in total. The Hall–Kier alpha value is 0.640. The molecule has 0 aliphatic rings. The molecule has 68 valence electrons. The van der Waals surface area contributed by atoms with Gasteiger partial charge in [-0.2, -0.15) is 11.8 Å². The van der Waals surface area contributed by atoms with Gasteiger partial charge in [-0.15, -0.1) is 11.6 Å². The Morgan fingerprint density at radius 1 is 1.09 bits per heavy atom. The van der Waals surface area contributed by atoms with Crippen molar-refractivity contribution in [1.29, 1.82) is 0 Å². The lowest BCUT2D eigenvalue weighted by Crippen LogP contribution is -2.08. The Morgan fingerprint density at radius 3 is 2.18 bits per heavy atom. The van der Waals surface area contributed by atoms with Gasteiger partial charge in [0.2, 0.25) is 0 Å². The van der Waals surface area contributed by atoms with Crippen molar-refractivity contribution in [3.05, 3.63) is 0 Å². The summed E-state index contributed by atoms with van der Waals surface area (Å²) in [6, 6.07) is 0. The maximum atomic E-state index is 5.56. The van der Waals surface area contributed by atoms with Gasteiger partial charge in [0.25, 0.3) is 0 Å². The van der Waals surface area contributed by atoms with E-state index in [1.54, 1.807) is 0 Å². The minimum absolute atomic E-state index is 0.432. The number of thioether (sulfide) groups is 1. The van der Waals surface area contributed by atoms with E-state index in [1.807, 2.05) is 11.8 Å². The average Bonchev–Trinajstić information content (AvgIpc) is 1.85. The minimum Gasteiger partial charge on any atom is -0.156 e. The lowest BCUT2D eigenvalue weighted by molar-refractivity contribution is 0.765. The highest BCUT2D eigenvalue weighted by Crippen LogP contribution is 2.24. The van der Waals surface area contributed by atoms with Gasteiger partial charge in [-0.05, 0) is 18.6 Å². The summed E-state index contributed by atoms with van der Waals surface area (Å²) in [5.74, 6) is 2.10. The van der Waals surface area contributed by atoms with Gasteiger partial charge >= 0.3 is 0 Å². The first kappa shape index (κ1) is 11.6. The van der Waals surface area contributed by atoms with E-state index in [2.05, 4.69) is 20.8 Å². The Balaban J connectivity index is 3.02. The molecule has 0 saturated heterocycles. The van der Waals surface area contributed by atoms with Gasteiger partial charge in [0, 0.05) is 10.6 Å². The largest absolute Gasteiger partial charge is 0.156 e. The second-order valence-corrected chi connectivity index (χ2v) is 6.01. The maximum Gasteiger partial charge on any atom is 0.0223 e. The van der Waals surface area contributed by atoms with Crippen LogP contribution < -0.4 is 0 Å². The topological polar surface area (TPSA) is 0 Å². The lowest BCUT2D eigenvalue weighted by Gasteiger charge is -2.16. The van der Waals surface area contributed by atoms with Crippen LogP contribution in [0.5, 0.6) is 0 Å². The van der Waals surface area contributed by atoms with Crippen molar-refractivity contribution < 1.29 is 0 Å². The van der Waals surface area contributed by atoms with Crippen LogP contribution in [0.1, 0.15) is 40.0 Å². The molecule has 0 aromatic carbocycles. The fourth-order valence-electron chi connectivity index (χ4n) is 0.752. The summed E-state index contributed by atoms with van der Waals surface area (Å²) in [5.41, 5.74) is 0. The van der Waals surface area contributed by atoms with Gasteiger partial charge in [0.05, 0.1) is 0 Å². The van der Waals surface area contributed by atoms with E-state index < -0.39 is 0 Å². The molecule has 0 atom stereocenters. The van der Waals surface area contributed by atoms with Crippen molar-refractivity contribution in [3.8, 4) is 0 Å². The normalized spacial score (nSPS) is 12.0. The fraction of sp³-hybridized carbons (Fsp3) is 1.00. The zero-order valence-electron chi connectivity index (χ0n) is 7.82. The van der Waals surface area contributed by atoms with Crippen molar-refractivity contribution in [2.24, 2.45) is 0 Å². The third-order valence-electron chi connectivity index (χ3n) is 1.31. The predicted octanol–water partition coefficient (Wildman–Crippen LogP) is 3.93. The number of unbranched alkanes of at least 4 members (excludes halogenated alkanes) is 2. The summed E-state index contributed by atoms with van der Waals surface area (Å²) < 4.78 is 0.432. The van der Waals surface area contributed by atoms with Gasteiger partial charge in [0.15, 0.2) is 0 Å². The molecule has 0 aromatic rings. The maximum absolute atomic E-state index is 5.56. The molecule has 0 saturated carbocycles. The van der Waals surface area contributed by atoms with E-state index in [0.29, 0.717) is 4.75 Å². The first-order chi connectivity index (χ1) is 5.06. The number of hydrogen-bond donors (Lipinski definition) is 0. The summed E-state index contributed by atoms with van der Waals surface area (Å²) in [5, 5.41) is 0. The third-order valence-corrected chi connectivity index (χ3v) is 2.94. The molecule has 2 heteroatoms. The van der Waals surface area contributed by atoms with Gasteiger partial charge < -0.3 is 0 Å². The van der Waals surface area contributed by atoms with Crippen molar-refractivity contribution in [3.63, 3.8) is 0 Å². The summed E-state index contributed by atoms with van der Waals surface area (Å²) in [7, 11) is 0. The summed E-state index contributed by atoms with van der Waals surface area (Å²) in [4.78, 5) is 0. The van der Waals surface area contributed by atoms with Crippen LogP contribution in [0.4, 0.5) is 0 Å². The quantitative estimate of drug-likeness (QED) is 0.472. The zero-order chi connectivity index (χ0) is 8.74. The molecule has 0 radical (unpaired) electrons. The Kier molecular flexibility index (Phi) is 6.55. The summed E-state index contributed by atoms with van der Waals surface area (Å²) in [6.45, 7) is 6.79. The molecule has 0 aliphatic heterocycles. The second kappa shape index (κ2) is 6.19. The number of hydrogen-bond acceptors (Lipinski definition) is 1. The fourth-order valence-corrected chi connectivity index (χ4v) is 1.90. The van der Waals surface area contributed by atoms with Crippen LogP contribution in [0.15, 0.2) is 0 Å². The highest BCUT2D eigenvalue weighted by Gasteiger charge is 2.08. The van der Waals surface area contributed by atoms with Crippen molar-refractivity contribution in [2.45, 2.75) is 44.8 Å². The molecule has 0 unspecified atom stereocenters. The van der Waals surface area contributed by atoms with Crippen LogP contribution in [0.25, 0.3) is 0 Å². The first-order valence-corrected chi connectivity index (χ1v) is 5.78. The van der Waals surface area contributed by atoms with E-state index >= 15 is 0 Å². The molecule has 0 heterocycles. The molecule has 0 amide bonds. The first-order valence-electron chi connectivity index (χ1n) is 4.26. The highest BCUT2D eigenvalue weighted by molar-refractivity contribution is 8.00. The molecular formula is C9H19ClS. The lowest BCUT2D eigenvalue weighted by atomic mass is 10.3. The molecule has 0 rings (SSSR count). The van der Waals surface area contributed by atoms with E-state index in [4.69, 9.17) is 11.6 Å². The number of halogens is 1. The standard InChI is InChI=1S/C9H19ClS/c1-9(2,3)11-8-6-4-5-7-10/h4-8H2,1-3H3. The van der Waals surface area contributed by atoms with Gasteiger partial charge in [-0.25, -0.2) is 0 Å². The van der Waals surface area contributed by atoms with Crippen molar-refractivity contribution >= 4 is 23.4 Å². The van der Waals surface area contributed by atoms with E-state index in [0.717, 1.165) is 5.88 Å². The number of alkyl halides is 1. The molecular weight excluding hydrogens is 176 g/mol. The molecule has 0 aliphatic carbocycles. The molecule has 11 heavy (non-hydrogen) atoms. The zero-order valence-corrected chi connectivity index (χ0v) is 9.39.